The second kappa shape index (κ2) is 9.39. The number of halogens is 1. The van der Waals surface area contributed by atoms with Crippen molar-refractivity contribution in [3.63, 3.8) is 0 Å². The molecule has 29 heavy (non-hydrogen) atoms. The number of rotatable bonds is 9. The second-order valence-electron chi connectivity index (χ2n) is 6.36. The molecule has 0 fully saturated rings. The van der Waals surface area contributed by atoms with Crippen molar-refractivity contribution in [3.8, 4) is 0 Å². The smallest absolute Gasteiger partial charge is 0.215 e. The maximum absolute atomic E-state index is 13.2. The molecule has 2 aromatic heterocycles. The van der Waals surface area contributed by atoms with Gasteiger partial charge in [0.05, 0.1) is 5.75 Å². The van der Waals surface area contributed by atoms with Gasteiger partial charge in [0.1, 0.15) is 17.5 Å². The third-order valence-corrected chi connectivity index (χ3v) is 5.19. The van der Waals surface area contributed by atoms with Crippen molar-refractivity contribution in [1.82, 2.24) is 19.9 Å². The molecule has 3 N–H and O–H groups in total. The maximum Gasteiger partial charge on any atom is 0.215 e. The fourth-order valence-corrected chi connectivity index (χ4v) is 3.59. The summed E-state index contributed by atoms with van der Waals surface area (Å²) in [4.78, 5) is 4.23. The monoisotopic (exact) mass is 416 g/mol. The van der Waals surface area contributed by atoms with Gasteiger partial charge in [0.2, 0.25) is 10.0 Å². The summed E-state index contributed by atoms with van der Waals surface area (Å²) < 4.78 is 39.7. The van der Waals surface area contributed by atoms with Gasteiger partial charge in [0.25, 0.3) is 0 Å². The van der Waals surface area contributed by atoms with E-state index >= 15 is 0 Å². The lowest BCUT2D eigenvalue weighted by atomic mass is 10.2. The molecule has 0 aliphatic rings. The summed E-state index contributed by atoms with van der Waals surface area (Å²) in [6.45, 7) is 2.44. The first kappa shape index (κ1) is 20.6. The normalized spacial score (nSPS) is 11.2. The van der Waals surface area contributed by atoms with Crippen LogP contribution in [0.25, 0.3) is 0 Å². The van der Waals surface area contributed by atoms with Crippen LogP contribution in [0.2, 0.25) is 0 Å². The van der Waals surface area contributed by atoms with E-state index in [0.717, 1.165) is 5.56 Å². The molecule has 0 saturated carbocycles. The van der Waals surface area contributed by atoms with Crippen LogP contribution in [0.5, 0.6) is 0 Å². The average Bonchev–Trinajstić information content (AvgIpc) is 2.68. The number of hydrogen-bond acceptors (Lipinski definition) is 7. The lowest BCUT2D eigenvalue weighted by Gasteiger charge is -2.09. The standard InChI is InChI=1S/C19H21FN6O2S/c1-14-5-6-17(22-12-14)24-19-8-7-18(25-26-19)21-9-10-23-29(27,28)13-15-3-2-4-16(20)11-15/h2-8,11-12,23H,9-10,13H2,1H3,(H,21,25)(H,22,24,26). The number of aromatic nitrogens is 3. The van der Waals surface area contributed by atoms with Gasteiger partial charge in [0.15, 0.2) is 5.82 Å². The summed E-state index contributed by atoms with van der Waals surface area (Å²) in [7, 11) is -3.56. The highest BCUT2D eigenvalue weighted by Gasteiger charge is 2.11. The van der Waals surface area contributed by atoms with Crippen molar-refractivity contribution in [2.75, 3.05) is 23.7 Å². The largest absolute Gasteiger partial charge is 0.367 e. The molecule has 152 valence electrons. The predicted molar refractivity (Wildman–Crippen MR) is 110 cm³/mol. The molecule has 8 nitrogen and oxygen atoms in total. The summed E-state index contributed by atoms with van der Waals surface area (Å²) in [5, 5.41) is 14.1. The van der Waals surface area contributed by atoms with Gasteiger partial charge in [-0.15, -0.1) is 10.2 Å². The van der Waals surface area contributed by atoms with Gasteiger partial charge in [0, 0.05) is 19.3 Å². The minimum atomic E-state index is -3.56. The van der Waals surface area contributed by atoms with E-state index < -0.39 is 15.8 Å². The summed E-state index contributed by atoms with van der Waals surface area (Å²) in [5.41, 5.74) is 1.45. The van der Waals surface area contributed by atoms with Crippen molar-refractivity contribution in [3.05, 3.63) is 71.7 Å². The highest BCUT2D eigenvalue weighted by molar-refractivity contribution is 7.88. The van der Waals surface area contributed by atoms with Gasteiger partial charge in [-0.25, -0.2) is 22.5 Å². The molecule has 3 aromatic rings. The Morgan fingerprint density at radius 2 is 1.72 bits per heavy atom. The molecule has 0 bridgehead atoms. The SMILES string of the molecule is Cc1ccc(Nc2ccc(NCCNS(=O)(=O)Cc3cccc(F)c3)nn2)nc1. The van der Waals surface area contributed by atoms with Crippen molar-refractivity contribution >= 4 is 27.5 Å². The van der Waals surface area contributed by atoms with E-state index in [-0.39, 0.29) is 12.3 Å². The third kappa shape index (κ3) is 6.77. The fourth-order valence-electron chi connectivity index (χ4n) is 2.46. The van der Waals surface area contributed by atoms with E-state index in [1.54, 1.807) is 24.4 Å². The van der Waals surface area contributed by atoms with Crippen molar-refractivity contribution < 1.29 is 12.8 Å². The van der Waals surface area contributed by atoms with Crippen LogP contribution in [0.1, 0.15) is 11.1 Å². The van der Waals surface area contributed by atoms with E-state index in [9.17, 15) is 12.8 Å². The van der Waals surface area contributed by atoms with E-state index in [0.29, 0.717) is 29.6 Å². The van der Waals surface area contributed by atoms with E-state index in [1.165, 1.54) is 18.2 Å². The number of hydrogen-bond donors (Lipinski definition) is 3. The molecule has 0 radical (unpaired) electrons. The van der Waals surface area contributed by atoms with Crippen LogP contribution in [0.4, 0.5) is 21.8 Å². The van der Waals surface area contributed by atoms with Gasteiger partial charge in [-0.2, -0.15) is 0 Å². The Morgan fingerprint density at radius 3 is 2.41 bits per heavy atom. The summed E-state index contributed by atoms with van der Waals surface area (Å²) in [5.74, 6) is 0.977. The van der Waals surface area contributed by atoms with Crippen LogP contribution in [0.15, 0.2) is 54.7 Å². The molecule has 10 heteroatoms. The number of nitrogens with zero attached hydrogens (tertiary/aromatic N) is 3. The average molecular weight is 416 g/mol. The zero-order valence-electron chi connectivity index (χ0n) is 15.8. The molecule has 0 aliphatic heterocycles. The highest BCUT2D eigenvalue weighted by atomic mass is 32.2. The Bertz CT molecular complexity index is 1040. The van der Waals surface area contributed by atoms with Crippen LogP contribution in [-0.2, 0) is 15.8 Å². The number of nitrogens with one attached hydrogen (secondary N) is 3. The maximum atomic E-state index is 13.2. The quantitative estimate of drug-likeness (QED) is 0.460. The first-order valence-corrected chi connectivity index (χ1v) is 10.5. The zero-order valence-corrected chi connectivity index (χ0v) is 16.6. The molecule has 2 heterocycles. The van der Waals surface area contributed by atoms with Gasteiger partial charge in [-0.1, -0.05) is 18.2 Å². The number of aryl methyl sites for hydroxylation is 1. The Balaban J connectivity index is 1.43. The third-order valence-electron chi connectivity index (χ3n) is 3.83. The summed E-state index contributed by atoms with van der Waals surface area (Å²) in [6.07, 6.45) is 1.75. The Kier molecular flexibility index (Phi) is 6.68. The molecular weight excluding hydrogens is 395 g/mol. The molecule has 0 aliphatic carbocycles. The highest BCUT2D eigenvalue weighted by Crippen LogP contribution is 2.12. The van der Waals surface area contributed by atoms with Crippen molar-refractivity contribution in [1.29, 1.82) is 0 Å². The van der Waals surface area contributed by atoms with Crippen LogP contribution < -0.4 is 15.4 Å². The van der Waals surface area contributed by atoms with E-state index in [2.05, 4.69) is 30.5 Å². The first-order valence-electron chi connectivity index (χ1n) is 8.89. The van der Waals surface area contributed by atoms with Crippen LogP contribution in [0, 0.1) is 12.7 Å². The van der Waals surface area contributed by atoms with Gasteiger partial charge < -0.3 is 10.6 Å². The Labute approximate surface area is 168 Å². The number of pyridine rings is 1. The van der Waals surface area contributed by atoms with Crippen molar-refractivity contribution in [2.24, 2.45) is 0 Å². The van der Waals surface area contributed by atoms with Crippen LogP contribution in [-0.4, -0.2) is 36.7 Å². The molecule has 0 saturated heterocycles. The minimum absolute atomic E-state index is 0.159. The molecule has 0 amide bonds. The van der Waals surface area contributed by atoms with Crippen LogP contribution >= 0.6 is 0 Å². The van der Waals surface area contributed by atoms with Crippen molar-refractivity contribution in [2.45, 2.75) is 12.7 Å². The number of anilines is 3. The van der Waals surface area contributed by atoms with Gasteiger partial charge in [-0.3, -0.25) is 0 Å². The summed E-state index contributed by atoms with van der Waals surface area (Å²) in [6, 6.07) is 12.8. The molecule has 0 atom stereocenters. The van der Waals surface area contributed by atoms with Crippen LogP contribution in [0.3, 0.4) is 0 Å². The number of benzene rings is 1. The minimum Gasteiger partial charge on any atom is -0.367 e. The Morgan fingerprint density at radius 1 is 0.966 bits per heavy atom. The lowest BCUT2D eigenvalue weighted by molar-refractivity contribution is 0.581. The molecule has 0 unspecified atom stereocenters. The molecule has 3 rings (SSSR count). The predicted octanol–water partition coefficient (Wildman–Crippen LogP) is 2.59. The van der Waals surface area contributed by atoms with Gasteiger partial charge in [-0.05, 0) is 48.4 Å². The molecular formula is C19H21FN6O2S. The molecule has 0 spiro atoms. The fraction of sp³-hybridized carbons (Fsp3) is 0.211. The van der Waals surface area contributed by atoms with E-state index in [4.69, 9.17) is 0 Å². The zero-order chi connectivity index (χ0) is 20.7. The molecule has 1 aromatic carbocycles. The first-order chi connectivity index (χ1) is 13.9. The lowest BCUT2D eigenvalue weighted by Crippen LogP contribution is -2.30. The van der Waals surface area contributed by atoms with E-state index in [1.807, 2.05) is 19.1 Å². The Hall–Kier alpha value is -3.11. The van der Waals surface area contributed by atoms with Gasteiger partial charge >= 0.3 is 0 Å². The topological polar surface area (TPSA) is 109 Å². The number of sulfonamides is 1. The summed E-state index contributed by atoms with van der Waals surface area (Å²) >= 11 is 0. The second-order valence-corrected chi connectivity index (χ2v) is 8.17.